The lowest BCUT2D eigenvalue weighted by Crippen LogP contribution is -2.19. The molecule has 106 valence electrons. The number of rotatable bonds is 6. The summed E-state index contributed by atoms with van der Waals surface area (Å²) >= 11 is 0. The minimum Gasteiger partial charge on any atom is -0.309 e. The predicted molar refractivity (Wildman–Crippen MR) is 81.0 cm³/mol. The maximum atomic E-state index is 4.08. The molecule has 0 saturated heterocycles. The Balaban J connectivity index is 1.56. The Morgan fingerprint density at radius 3 is 2.38 bits per heavy atom. The van der Waals surface area contributed by atoms with Gasteiger partial charge in [0.15, 0.2) is 5.82 Å². The fourth-order valence-electron chi connectivity index (χ4n) is 2.16. The Morgan fingerprint density at radius 1 is 0.905 bits per heavy atom. The zero-order valence-corrected chi connectivity index (χ0v) is 11.7. The van der Waals surface area contributed by atoms with Gasteiger partial charge in [-0.2, -0.15) is 4.68 Å². The summed E-state index contributed by atoms with van der Waals surface area (Å²) in [5.41, 5.74) is 2.30. The average Bonchev–Trinajstić information content (AvgIpc) is 3.02. The Bertz CT molecular complexity index is 663. The summed E-state index contributed by atoms with van der Waals surface area (Å²) in [6.07, 6.45) is 0.994. The van der Waals surface area contributed by atoms with Crippen molar-refractivity contribution in [3.05, 3.63) is 72.1 Å². The minimum absolute atomic E-state index is 0.648. The largest absolute Gasteiger partial charge is 0.309 e. The second-order valence-corrected chi connectivity index (χ2v) is 4.75. The van der Waals surface area contributed by atoms with Gasteiger partial charge in [0.25, 0.3) is 0 Å². The van der Waals surface area contributed by atoms with Crippen molar-refractivity contribution in [2.24, 2.45) is 0 Å². The molecule has 0 atom stereocenters. The molecule has 5 heteroatoms. The van der Waals surface area contributed by atoms with Gasteiger partial charge in [-0.05, 0) is 41.1 Å². The van der Waals surface area contributed by atoms with Crippen molar-refractivity contribution in [2.45, 2.75) is 13.0 Å². The minimum atomic E-state index is 0.648. The zero-order valence-electron chi connectivity index (χ0n) is 11.7. The molecule has 0 spiro atoms. The number of benzene rings is 2. The SMILES string of the molecule is c1ccc(CCNCc2nnnn2-c2ccccc2)cc1. The average molecular weight is 279 g/mol. The van der Waals surface area contributed by atoms with Crippen LogP contribution in [0.5, 0.6) is 0 Å². The highest BCUT2D eigenvalue weighted by Gasteiger charge is 2.06. The summed E-state index contributed by atoms with van der Waals surface area (Å²) in [5.74, 6) is 0.814. The van der Waals surface area contributed by atoms with Crippen LogP contribution in [0.1, 0.15) is 11.4 Å². The van der Waals surface area contributed by atoms with Crippen molar-refractivity contribution >= 4 is 0 Å². The summed E-state index contributed by atoms with van der Waals surface area (Å²) in [6.45, 7) is 1.54. The second-order valence-electron chi connectivity index (χ2n) is 4.75. The highest BCUT2D eigenvalue weighted by molar-refractivity contribution is 5.30. The molecule has 2 aromatic carbocycles. The van der Waals surface area contributed by atoms with E-state index in [4.69, 9.17) is 0 Å². The summed E-state index contributed by atoms with van der Waals surface area (Å²) in [6, 6.07) is 20.3. The van der Waals surface area contributed by atoms with Gasteiger partial charge in [-0.15, -0.1) is 5.10 Å². The van der Waals surface area contributed by atoms with E-state index in [9.17, 15) is 0 Å². The number of hydrogen-bond acceptors (Lipinski definition) is 4. The van der Waals surface area contributed by atoms with Crippen molar-refractivity contribution in [2.75, 3.05) is 6.54 Å². The van der Waals surface area contributed by atoms with Gasteiger partial charge in [0.2, 0.25) is 0 Å². The summed E-state index contributed by atoms with van der Waals surface area (Å²) in [5, 5.41) is 15.3. The monoisotopic (exact) mass is 279 g/mol. The van der Waals surface area contributed by atoms with Crippen LogP contribution < -0.4 is 5.32 Å². The van der Waals surface area contributed by atoms with E-state index in [2.05, 4.69) is 45.1 Å². The molecule has 3 rings (SSSR count). The van der Waals surface area contributed by atoms with E-state index in [1.165, 1.54) is 5.56 Å². The van der Waals surface area contributed by atoms with Crippen molar-refractivity contribution in [3.63, 3.8) is 0 Å². The Hall–Kier alpha value is -2.53. The van der Waals surface area contributed by atoms with Crippen LogP contribution in [0.2, 0.25) is 0 Å². The molecule has 0 saturated carbocycles. The van der Waals surface area contributed by atoms with Gasteiger partial charge in [-0.1, -0.05) is 48.5 Å². The number of aromatic nitrogens is 4. The molecule has 0 bridgehead atoms. The highest BCUT2D eigenvalue weighted by Crippen LogP contribution is 2.06. The molecule has 0 unspecified atom stereocenters. The van der Waals surface area contributed by atoms with Crippen LogP contribution in [0.4, 0.5) is 0 Å². The van der Waals surface area contributed by atoms with Crippen molar-refractivity contribution < 1.29 is 0 Å². The first-order valence-corrected chi connectivity index (χ1v) is 7.01. The van der Waals surface area contributed by atoms with Crippen LogP contribution >= 0.6 is 0 Å². The molecular weight excluding hydrogens is 262 g/mol. The molecule has 3 aromatic rings. The molecule has 0 amide bonds. The van der Waals surface area contributed by atoms with Gasteiger partial charge in [0.1, 0.15) is 0 Å². The van der Waals surface area contributed by atoms with Crippen LogP contribution in [0.15, 0.2) is 60.7 Å². The molecular formula is C16H17N5. The van der Waals surface area contributed by atoms with Crippen LogP contribution in [-0.4, -0.2) is 26.8 Å². The molecule has 0 aliphatic heterocycles. The second kappa shape index (κ2) is 6.76. The molecule has 0 aliphatic carbocycles. The van der Waals surface area contributed by atoms with Gasteiger partial charge < -0.3 is 5.32 Å². The number of nitrogens with zero attached hydrogens (tertiary/aromatic N) is 4. The van der Waals surface area contributed by atoms with E-state index in [1.807, 2.05) is 36.4 Å². The lowest BCUT2D eigenvalue weighted by molar-refractivity contribution is 0.640. The number of tetrazole rings is 1. The number of para-hydroxylation sites is 1. The third-order valence-electron chi connectivity index (χ3n) is 3.25. The highest BCUT2D eigenvalue weighted by atomic mass is 15.5. The lowest BCUT2D eigenvalue weighted by atomic mass is 10.1. The van der Waals surface area contributed by atoms with Gasteiger partial charge in [-0.3, -0.25) is 0 Å². The summed E-state index contributed by atoms with van der Waals surface area (Å²) in [4.78, 5) is 0. The van der Waals surface area contributed by atoms with Gasteiger partial charge in [0.05, 0.1) is 12.2 Å². The Labute approximate surface area is 123 Å². The van der Waals surface area contributed by atoms with Crippen LogP contribution in [0, 0.1) is 0 Å². The van der Waals surface area contributed by atoms with E-state index in [0.717, 1.165) is 24.5 Å². The first-order valence-electron chi connectivity index (χ1n) is 7.01. The van der Waals surface area contributed by atoms with E-state index in [-0.39, 0.29) is 0 Å². The first kappa shape index (κ1) is 13.5. The predicted octanol–water partition coefficient (Wildman–Crippen LogP) is 1.99. The molecule has 0 radical (unpaired) electrons. The van der Waals surface area contributed by atoms with E-state index >= 15 is 0 Å². The molecule has 21 heavy (non-hydrogen) atoms. The van der Waals surface area contributed by atoms with Crippen molar-refractivity contribution in [1.29, 1.82) is 0 Å². The topological polar surface area (TPSA) is 55.6 Å². The zero-order chi connectivity index (χ0) is 14.3. The maximum Gasteiger partial charge on any atom is 0.170 e. The summed E-state index contributed by atoms with van der Waals surface area (Å²) in [7, 11) is 0. The molecule has 1 heterocycles. The fourth-order valence-corrected chi connectivity index (χ4v) is 2.16. The molecule has 1 aromatic heterocycles. The van der Waals surface area contributed by atoms with Crippen LogP contribution in [0.25, 0.3) is 5.69 Å². The van der Waals surface area contributed by atoms with Crippen LogP contribution in [0.3, 0.4) is 0 Å². The van der Waals surface area contributed by atoms with Gasteiger partial charge >= 0.3 is 0 Å². The van der Waals surface area contributed by atoms with Gasteiger partial charge in [0, 0.05) is 0 Å². The van der Waals surface area contributed by atoms with E-state index in [1.54, 1.807) is 4.68 Å². The van der Waals surface area contributed by atoms with E-state index in [0.29, 0.717) is 6.54 Å². The van der Waals surface area contributed by atoms with Crippen LogP contribution in [-0.2, 0) is 13.0 Å². The lowest BCUT2D eigenvalue weighted by Gasteiger charge is -2.06. The first-order chi connectivity index (χ1) is 10.4. The number of nitrogens with one attached hydrogen (secondary N) is 1. The summed E-state index contributed by atoms with van der Waals surface area (Å²) < 4.78 is 1.76. The normalized spacial score (nSPS) is 10.7. The quantitative estimate of drug-likeness (QED) is 0.701. The standard InChI is InChI=1S/C16H17N5/c1-3-7-14(8-4-1)11-12-17-13-16-18-19-20-21(16)15-9-5-2-6-10-15/h1-10,17H,11-13H2. The molecule has 5 nitrogen and oxygen atoms in total. The smallest absolute Gasteiger partial charge is 0.170 e. The Kier molecular flexibility index (Phi) is 4.33. The number of hydrogen-bond donors (Lipinski definition) is 1. The fraction of sp³-hybridized carbons (Fsp3) is 0.188. The van der Waals surface area contributed by atoms with Crippen molar-refractivity contribution in [3.8, 4) is 5.69 Å². The molecule has 0 aliphatic rings. The van der Waals surface area contributed by atoms with E-state index < -0.39 is 0 Å². The van der Waals surface area contributed by atoms with Crippen molar-refractivity contribution in [1.82, 2.24) is 25.5 Å². The maximum absolute atomic E-state index is 4.08. The molecule has 0 fully saturated rings. The molecule has 1 N–H and O–H groups in total. The third-order valence-corrected chi connectivity index (χ3v) is 3.25. The third kappa shape index (κ3) is 3.52. The van der Waals surface area contributed by atoms with Gasteiger partial charge in [-0.25, -0.2) is 0 Å². The Morgan fingerprint density at radius 2 is 1.62 bits per heavy atom.